The third-order valence-corrected chi connectivity index (χ3v) is 2.79. The van der Waals surface area contributed by atoms with Gasteiger partial charge in [0, 0.05) is 12.4 Å². The topological polar surface area (TPSA) is 90.2 Å². The molecule has 0 aliphatic carbocycles. The second-order valence-corrected chi connectivity index (χ2v) is 4.06. The Labute approximate surface area is 108 Å². The molecular weight excluding hydrogens is 244 g/mol. The maximum atomic E-state index is 12.1. The van der Waals surface area contributed by atoms with Crippen LogP contribution in [0.3, 0.4) is 0 Å². The minimum atomic E-state index is -0.172. The highest BCUT2D eigenvalue weighted by molar-refractivity contribution is 5.37. The predicted octanol–water partition coefficient (Wildman–Crippen LogP) is 0.225. The van der Waals surface area contributed by atoms with Gasteiger partial charge in [0.1, 0.15) is 5.82 Å². The molecule has 0 aliphatic rings. The molecule has 0 spiro atoms. The van der Waals surface area contributed by atoms with Gasteiger partial charge in [-0.2, -0.15) is 0 Å². The third kappa shape index (κ3) is 2.06. The van der Waals surface area contributed by atoms with E-state index in [1.54, 1.807) is 30.6 Å². The zero-order chi connectivity index (χ0) is 13.2. The number of fused-ring (bicyclic) bond motifs is 1. The minimum absolute atomic E-state index is 0.172. The lowest BCUT2D eigenvalue weighted by Crippen LogP contribution is -2.21. The number of pyridine rings is 2. The van der Waals surface area contributed by atoms with Crippen molar-refractivity contribution in [3.8, 4) is 0 Å². The molecule has 3 aromatic heterocycles. The summed E-state index contributed by atoms with van der Waals surface area (Å²) in [6.07, 6.45) is 3.33. The maximum Gasteiger partial charge on any atom is 0.350 e. The normalized spacial score (nSPS) is 10.8. The first-order valence-corrected chi connectivity index (χ1v) is 5.74. The van der Waals surface area contributed by atoms with Crippen LogP contribution in [0, 0.1) is 0 Å². The second kappa shape index (κ2) is 4.54. The van der Waals surface area contributed by atoms with Gasteiger partial charge in [0.2, 0.25) is 0 Å². The number of nitrogens with zero attached hydrogens (tertiary/aromatic N) is 4. The van der Waals surface area contributed by atoms with Crippen molar-refractivity contribution < 1.29 is 0 Å². The van der Waals surface area contributed by atoms with Crippen molar-refractivity contribution >= 4 is 11.5 Å². The van der Waals surface area contributed by atoms with E-state index in [-0.39, 0.29) is 5.69 Å². The van der Waals surface area contributed by atoms with Crippen LogP contribution in [0.15, 0.2) is 47.5 Å². The first-order valence-electron chi connectivity index (χ1n) is 5.74. The zero-order valence-electron chi connectivity index (χ0n) is 10.0. The highest BCUT2D eigenvalue weighted by Crippen LogP contribution is 2.06. The van der Waals surface area contributed by atoms with E-state index in [9.17, 15) is 4.79 Å². The van der Waals surface area contributed by atoms with E-state index in [2.05, 4.69) is 15.5 Å². The first-order chi connectivity index (χ1) is 9.28. The molecule has 3 N–H and O–H groups in total. The molecule has 19 heavy (non-hydrogen) atoms. The molecule has 3 heterocycles. The SMILES string of the molecule is NNc1cc(Cn2nc3ccccn3c2=O)ccn1. The van der Waals surface area contributed by atoms with E-state index >= 15 is 0 Å². The van der Waals surface area contributed by atoms with Gasteiger partial charge in [0.05, 0.1) is 6.54 Å². The summed E-state index contributed by atoms with van der Waals surface area (Å²) < 4.78 is 2.91. The number of anilines is 1. The summed E-state index contributed by atoms with van der Waals surface area (Å²) in [6, 6.07) is 9.02. The number of hydrogen-bond acceptors (Lipinski definition) is 5. The molecule has 7 nitrogen and oxygen atoms in total. The molecule has 0 atom stereocenters. The number of hydrogen-bond donors (Lipinski definition) is 2. The summed E-state index contributed by atoms with van der Waals surface area (Å²) in [4.78, 5) is 16.1. The fraction of sp³-hybridized carbons (Fsp3) is 0.0833. The fourth-order valence-electron chi connectivity index (χ4n) is 1.90. The summed E-state index contributed by atoms with van der Waals surface area (Å²) in [5.74, 6) is 5.85. The van der Waals surface area contributed by atoms with E-state index in [4.69, 9.17) is 5.84 Å². The second-order valence-electron chi connectivity index (χ2n) is 4.06. The zero-order valence-corrected chi connectivity index (χ0v) is 10.0. The van der Waals surface area contributed by atoms with Crippen LogP contribution < -0.4 is 17.0 Å². The fourth-order valence-corrected chi connectivity index (χ4v) is 1.90. The lowest BCUT2D eigenvalue weighted by molar-refractivity contribution is 0.658. The van der Waals surface area contributed by atoms with Gasteiger partial charge >= 0.3 is 5.69 Å². The summed E-state index contributed by atoms with van der Waals surface area (Å²) in [5.41, 5.74) is 3.82. The van der Waals surface area contributed by atoms with Crippen LogP contribution in [-0.2, 0) is 6.54 Å². The number of rotatable bonds is 3. The molecule has 96 valence electrons. The lowest BCUT2D eigenvalue weighted by Gasteiger charge is -2.02. The van der Waals surface area contributed by atoms with Crippen molar-refractivity contribution in [2.45, 2.75) is 6.54 Å². The van der Waals surface area contributed by atoms with Crippen LogP contribution in [0.2, 0.25) is 0 Å². The van der Waals surface area contributed by atoms with E-state index in [1.165, 1.54) is 9.08 Å². The van der Waals surface area contributed by atoms with Gasteiger partial charge in [-0.1, -0.05) is 6.07 Å². The summed E-state index contributed by atoms with van der Waals surface area (Å²) >= 11 is 0. The Hall–Kier alpha value is -2.67. The molecule has 0 bridgehead atoms. The number of nitrogens with one attached hydrogen (secondary N) is 1. The highest BCUT2D eigenvalue weighted by atomic mass is 16.2. The van der Waals surface area contributed by atoms with Crippen LogP contribution in [-0.4, -0.2) is 19.2 Å². The van der Waals surface area contributed by atoms with Gasteiger partial charge in [-0.3, -0.25) is 4.40 Å². The van der Waals surface area contributed by atoms with Crippen LogP contribution in [0.25, 0.3) is 5.65 Å². The van der Waals surface area contributed by atoms with Crippen molar-refractivity contribution in [3.05, 3.63) is 58.8 Å². The maximum absolute atomic E-state index is 12.1. The van der Waals surface area contributed by atoms with Gasteiger partial charge in [-0.15, -0.1) is 5.10 Å². The van der Waals surface area contributed by atoms with Gasteiger partial charge in [0.25, 0.3) is 0 Å². The summed E-state index contributed by atoms with van der Waals surface area (Å²) in [6.45, 7) is 0.373. The molecule has 7 heteroatoms. The molecule has 3 aromatic rings. The van der Waals surface area contributed by atoms with Crippen LogP contribution in [0.5, 0.6) is 0 Å². The highest BCUT2D eigenvalue weighted by Gasteiger charge is 2.06. The molecule has 3 rings (SSSR count). The van der Waals surface area contributed by atoms with Crippen molar-refractivity contribution in [1.29, 1.82) is 0 Å². The quantitative estimate of drug-likeness (QED) is 0.517. The molecule has 0 aromatic carbocycles. The number of nitrogen functional groups attached to an aromatic ring is 1. The first kappa shape index (κ1) is 11.4. The number of aromatic nitrogens is 4. The van der Waals surface area contributed by atoms with Crippen molar-refractivity contribution in [3.63, 3.8) is 0 Å². The predicted molar refractivity (Wildman–Crippen MR) is 70.6 cm³/mol. The van der Waals surface area contributed by atoms with E-state index < -0.39 is 0 Å². The van der Waals surface area contributed by atoms with Gasteiger partial charge < -0.3 is 5.43 Å². The molecule has 0 saturated heterocycles. The van der Waals surface area contributed by atoms with E-state index in [1.807, 2.05) is 12.1 Å². The standard InChI is InChI=1S/C12H12N6O/c13-15-10-7-9(4-5-14-10)8-18-12(19)17-6-2-1-3-11(17)16-18/h1-7H,8,13H2,(H,14,15). The number of hydrazine groups is 1. The Morgan fingerprint density at radius 1 is 1.32 bits per heavy atom. The Morgan fingerprint density at radius 2 is 2.21 bits per heavy atom. The molecular formula is C12H12N6O. The van der Waals surface area contributed by atoms with E-state index in [0.717, 1.165) is 5.56 Å². The Morgan fingerprint density at radius 3 is 3.00 bits per heavy atom. The van der Waals surface area contributed by atoms with Gasteiger partial charge in [0.15, 0.2) is 5.65 Å². The van der Waals surface area contributed by atoms with E-state index in [0.29, 0.717) is 18.0 Å². The minimum Gasteiger partial charge on any atom is -0.308 e. The van der Waals surface area contributed by atoms with Crippen molar-refractivity contribution in [1.82, 2.24) is 19.2 Å². The summed E-state index contributed by atoms with van der Waals surface area (Å²) in [5, 5.41) is 4.26. The molecule has 0 radical (unpaired) electrons. The monoisotopic (exact) mass is 256 g/mol. The molecule has 0 saturated carbocycles. The number of nitrogens with two attached hydrogens (primary N) is 1. The third-order valence-electron chi connectivity index (χ3n) is 2.79. The van der Waals surface area contributed by atoms with Crippen LogP contribution in [0.1, 0.15) is 5.56 Å². The smallest absolute Gasteiger partial charge is 0.308 e. The molecule has 0 unspecified atom stereocenters. The van der Waals surface area contributed by atoms with Crippen LogP contribution in [0.4, 0.5) is 5.82 Å². The molecule has 0 fully saturated rings. The Bertz CT molecular complexity index is 775. The molecule has 0 aliphatic heterocycles. The van der Waals surface area contributed by atoms with Crippen molar-refractivity contribution in [2.75, 3.05) is 5.43 Å². The average molecular weight is 256 g/mol. The largest absolute Gasteiger partial charge is 0.350 e. The average Bonchev–Trinajstić information content (AvgIpc) is 2.76. The Balaban J connectivity index is 2.01. The van der Waals surface area contributed by atoms with Gasteiger partial charge in [-0.25, -0.2) is 20.3 Å². The summed E-state index contributed by atoms with van der Waals surface area (Å²) in [7, 11) is 0. The Kier molecular flexibility index (Phi) is 2.73. The van der Waals surface area contributed by atoms with Crippen LogP contribution >= 0.6 is 0 Å². The van der Waals surface area contributed by atoms with Crippen molar-refractivity contribution in [2.24, 2.45) is 5.84 Å². The van der Waals surface area contributed by atoms with Gasteiger partial charge in [-0.05, 0) is 29.8 Å². The lowest BCUT2D eigenvalue weighted by atomic mass is 10.2. The molecule has 0 amide bonds.